The van der Waals surface area contributed by atoms with E-state index in [1.54, 1.807) is 23.0 Å². The predicted octanol–water partition coefficient (Wildman–Crippen LogP) is 1.81. The monoisotopic (exact) mass is 233 g/mol. The molecule has 0 unspecified atom stereocenters. The number of hydrogen-bond acceptors (Lipinski definition) is 3. The van der Waals surface area contributed by atoms with E-state index in [9.17, 15) is 4.79 Å². The molecule has 17 heavy (non-hydrogen) atoms. The van der Waals surface area contributed by atoms with Gasteiger partial charge in [0.25, 0.3) is 5.91 Å². The van der Waals surface area contributed by atoms with Crippen LogP contribution < -0.4 is 5.32 Å². The Hall–Kier alpha value is -2.04. The van der Waals surface area contributed by atoms with Gasteiger partial charge in [0.2, 0.25) is 0 Å². The van der Waals surface area contributed by atoms with Gasteiger partial charge < -0.3 is 9.73 Å². The highest BCUT2D eigenvalue weighted by Crippen LogP contribution is 2.16. The van der Waals surface area contributed by atoms with Crippen molar-refractivity contribution in [2.45, 2.75) is 19.9 Å². The Bertz CT molecular complexity index is 514. The van der Waals surface area contributed by atoms with Crippen LogP contribution in [0.2, 0.25) is 0 Å². The van der Waals surface area contributed by atoms with Crippen LogP contribution in [0.5, 0.6) is 0 Å². The molecule has 0 aliphatic rings. The first-order valence-electron chi connectivity index (χ1n) is 5.42. The van der Waals surface area contributed by atoms with Crippen LogP contribution in [-0.4, -0.2) is 15.7 Å². The Morgan fingerprint density at radius 2 is 2.35 bits per heavy atom. The number of aromatic nitrogens is 2. The van der Waals surface area contributed by atoms with E-state index in [0.29, 0.717) is 5.76 Å². The number of amides is 1. The van der Waals surface area contributed by atoms with Gasteiger partial charge in [-0.3, -0.25) is 9.48 Å². The second-order valence-corrected chi connectivity index (χ2v) is 3.98. The molecule has 0 aliphatic carbocycles. The molecule has 1 amide bonds. The number of carbonyl (C=O) groups excluding carboxylic acids is 1. The van der Waals surface area contributed by atoms with Crippen molar-refractivity contribution in [2.24, 2.45) is 7.05 Å². The van der Waals surface area contributed by atoms with E-state index in [4.69, 9.17) is 4.42 Å². The van der Waals surface area contributed by atoms with Crippen molar-refractivity contribution in [3.05, 3.63) is 41.6 Å². The number of carbonyl (C=O) groups is 1. The maximum Gasteiger partial charge on any atom is 0.287 e. The zero-order valence-electron chi connectivity index (χ0n) is 10.1. The topological polar surface area (TPSA) is 60.1 Å². The lowest BCUT2D eigenvalue weighted by Crippen LogP contribution is -2.26. The van der Waals surface area contributed by atoms with Crippen molar-refractivity contribution in [3.63, 3.8) is 0 Å². The quantitative estimate of drug-likeness (QED) is 0.879. The van der Waals surface area contributed by atoms with E-state index in [-0.39, 0.29) is 11.9 Å². The van der Waals surface area contributed by atoms with Crippen molar-refractivity contribution < 1.29 is 9.21 Å². The summed E-state index contributed by atoms with van der Waals surface area (Å²) in [7, 11) is 1.87. The molecule has 1 atom stereocenters. The molecule has 0 fully saturated rings. The van der Waals surface area contributed by atoms with Gasteiger partial charge in [-0.1, -0.05) is 0 Å². The maximum atomic E-state index is 11.8. The van der Waals surface area contributed by atoms with Crippen molar-refractivity contribution in [1.29, 1.82) is 0 Å². The van der Waals surface area contributed by atoms with E-state index in [1.165, 1.54) is 6.26 Å². The molecule has 0 saturated carbocycles. The molecule has 5 heteroatoms. The van der Waals surface area contributed by atoms with Crippen molar-refractivity contribution >= 4 is 5.91 Å². The minimum absolute atomic E-state index is 0.0960. The van der Waals surface area contributed by atoms with Gasteiger partial charge in [-0.25, -0.2) is 0 Å². The second-order valence-electron chi connectivity index (χ2n) is 3.98. The molecular weight excluding hydrogens is 218 g/mol. The van der Waals surface area contributed by atoms with Crippen molar-refractivity contribution in [3.8, 4) is 0 Å². The average Bonchev–Trinajstić information content (AvgIpc) is 2.90. The Balaban J connectivity index is 2.10. The SMILES string of the molecule is Cc1c([C@H](C)NC(=O)c2ccco2)cnn1C. The summed E-state index contributed by atoms with van der Waals surface area (Å²) in [5.74, 6) is 0.101. The first kappa shape index (κ1) is 11.4. The largest absolute Gasteiger partial charge is 0.459 e. The van der Waals surface area contributed by atoms with Crippen LogP contribution in [0.25, 0.3) is 0 Å². The van der Waals surface area contributed by atoms with Crippen LogP contribution >= 0.6 is 0 Å². The van der Waals surface area contributed by atoms with E-state index < -0.39 is 0 Å². The third-order valence-corrected chi connectivity index (χ3v) is 2.83. The van der Waals surface area contributed by atoms with Gasteiger partial charge in [0.15, 0.2) is 5.76 Å². The van der Waals surface area contributed by atoms with Crippen LogP contribution in [0, 0.1) is 6.92 Å². The Morgan fingerprint density at radius 1 is 1.59 bits per heavy atom. The first-order chi connectivity index (χ1) is 8.09. The molecule has 0 aromatic carbocycles. The Labute approximate surface area is 99.4 Å². The average molecular weight is 233 g/mol. The third-order valence-electron chi connectivity index (χ3n) is 2.83. The Kier molecular flexibility index (Phi) is 2.99. The van der Waals surface area contributed by atoms with Crippen LogP contribution in [0.4, 0.5) is 0 Å². The third kappa shape index (κ3) is 2.22. The molecule has 0 saturated heterocycles. The van der Waals surface area contributed by atoms with Gasteiger partial charge in [0.05, 0.1) is 18.5 Å². The maximum absolute atomic E-state index is 11.8. The summed E-state index contributed by atoms with van der Waals surface area (Å²) >= 11 is 0. The van der Waals surface area contributed by atoms with E-state index in [2.05, 4.69) is 10.4 Å². The Morgan fingerprint density at radius 3 is 2.88 bits per heavy atom. The number of hydrogen-bond donors (Lipinski definition) is 1. The van der Waals surface area contributed by atoms with Crippen molar-refractivity contribution in [1.82, 2.24) is 15.1 Å². The molecule has 0 radical (unpaired) electrons. The molecule has 0 spiro atoms. The van der Waals surface area contributed by atoms with Gasteiger partial charge in [0.1, 0.15) is 0 Å². The molecule has 5 nitrogen and oxygen atoms in total. The van der Waals surface area contributed by atoms with Crippen LogP contribution in [0.1, 0.15) is 34.8 Å². The minimum Gasteiger partial charge on any atom is -0.459 e. The standard InChI is InChI=1S/C12H15N3O2/c1-8(10-7-13-15(3)9(10)2)14-12(16)11-5-4-6-17-11/h4-8H,1-3H3,(H,14,16)/t8-/m0/s1. The highest BCUT2D eigenvalue weighted by atomic mass is 16.3. The molecule has 90 valence electrons. The summed E-state index contributed by atoms with van der Waals surface area (Å²) < 4.78 is 6.82. The lowest BCUT2D eigenvalue weighted by Gasteiger charge is -2.12. The smallest absolute Gasteiger partial charge is 0.287 e. The first-order valence-corrected chi connectivity index (χ1v) is 5.42. The lowest BCUT2D eigenvalue weighted by atomic mass is 10.1. The number of rotatable bonds is 3. The number of furan rings is 1. The lowest BCUT2D eigenvalue weighted by molar-refractivity contribution is 0.0912. The van der Waals surface area contributed by atoms with E-state index in [1.807, 2.05) is 20.9 Å². The predicted molar refractivity (Wildman–Crippen MR) is 62.5 cm³/mol. The summed E-state index contributed by atoms with van der Waals surface area (Å²) in [6.45, 7) is 3.89. The molecular formula is C12H15N3O2. The summed E-state index contributed by atoms with van der Waals surface area (Å²) in [4.78, 5) is 11.8. The fraction of sp³-hybridized carbons (Fsp3) is 0.333. The molecule has 0 aliphatic heterocycles. The normalized spacial score (nSPS) is 12.4. The minimum atomic E-state index is -0.217. The molecule has 2 aromatic heterocycles. The molecule has 0 bridgehead atoms. The summed E-state index contributed by atoms with van der Waals surface area (Å²) in [5.41, 5.74) is 2.05. The number of aryl methyl sites for hydroxylation is 1. The zero-order valence-corrected chi connectivity index (χ0v) is 10.1. The van der Waals surface area contributed by atoms with E-state index in [0.717, 1.165) is 11.3 Å². The van der Waals surface area contributed by atoms with Crippen molar-refractivity contribution in [2.75, 3.05) is 0 Å². The number of nitrogens with zero attached hydrogens (tertiary/aromatic N) is 2. The zero-order chi connectivity index (χ0) is 12.4. The molecule has 2 rings (SSSR count). The summed E-state index contributed by atoms with van der Waals surface area (Å²) in [6, 6.07) is 3.23. The number of nitrogens with one attached hydrogen (secondary N) is 1. The van der Waals surface area contributed by atoms with Crippen LogP contribution in [0.3, 0.4) is 0 Å². The van der Waals surface area contributed by atoms with Gasteiger partial charge in [0, 0.05) is 18.3 Å². The van der Waals surface area contributed by atoms with Gasteiger partial charge in [-0.15, -0.1) is 0 Å². The van der Waals surface area contributed by atoms with Gasteiger partial charge in [-0.05, 0) is 26.0 Å². The van der Waals surface area contributed by atoms with E-state index >= 15 is 0 Å². The fourth-order valence-electron chi connectivity index (χ4n) is 1.69. The van der Waals surface area contributed by atoms with Gasteiger partial charge in [-0.2, -0.15) is 5.10 Å². The summed E-state index contributed by atoms with van der Waals surface area (Å²) in [6.07, 6.45) is 3.25. The van der Waals surface area contributed by atoms with Crippen LogP contribution in [0.15, 0.2) is 29.0 Å². The molecule has 2 aromatic rings. The highest BCUT2D eigenvalue weighted by Gasteiger charge is 2.16. The highest BCUT2D eigenvalue weighted by molar-refractivity contribution is 5.91. The fourth-order valence-corrected chi connectivity index (χ4v) is 1.69. The molecule has 2 heterocycles. The summed E-state index contributed by atoms with van der Waals surface area (Å²) in [5, 5.41) is 7.02. The van der Waals surface area contributed by atoms with Crippen LogP contribution in [-0.2, 0) is 7.05 Å². The second kappa shape index (κ2) is 4.45. The molecule has 1 N–H and O–H groups in total. The van der Waals surface area contributed by atoms with Gasteiger partial charge >= 0.3 is 0 Å².